The van der Waals surface area contributed by atoms with E-state index in [0.717, 1.165) is 0 Å². The Balaban J connectivity index is 1.60. The summed E-state index contributed by atoms with van der Waals surface area (Å²) in [5, 5.41) is 4.80. The van der Waals surface area contributed by atoms with Gasteiger partial charge in [-0.05, 0) is 31.9 Å². The fraction of sp³-hybridized carbons (Fsp3) is 0.478. The molecule has 1 aromatic carbocycles. The second-order valence-electron chi connectivity index (χ2n) is 7.77. The summed E-state index contributed by atoms with van der Waals surface area (Å²) in [5.74, 6) is -1.13. The number of likely N-dealkylation sites (tertiary alicyclic amines) is 1. The average Bonchev–Trinajstić information content (AvgIpc) is 3.31. The van der Waals surface area contributed by atoms with Crippen LogP contribution in [0.5, 0.6) is 0 Å². The minimum Gasteiger partial charge on any atom is -0.466 e. The van der Waals surface area contributed by atoms with Crippen LogP contribution < -0.4 is 5.32 Å². The third-order valence-electron chi connectivity index (χ3n) is 5.47. The van der Waals surface area contributed by atoms with Gasteiger partial charge in [0.15, 0.2) is 0 Å². The van der Waals surface area contributed by atoms with Crippen molar-refractivity contribution < 1.29 is 28.2 Å². The maximum absolute atomic E-state index is 13.9. The standard InChI is InChI=1S/C23H29FN4O5S/c1-3-33-22(30)16-8-10-27(11-9-16)21(29)19-15-34-20(25-19)14-28(12-13-32-2)23(31)26-18-7-5-4-6-17(18)24/h4-7,15-16H,3,8-14H2,1-2H3,(H,26,31). The molecule has 0 atom stereocenters. The molecule has 11 heteroatoms. The molecule has 3 amide bonds. The number of carbonyl (C=O) groups is 3. The van der Waals surface area contributed by atoms with Crippen molar-refractivity contribution >= 4 is 34.9 Å². The van der Waals surface area contributed by atoms with Crippen molar-refractivity contribution in [3.63, 3.8) is 0 Å². The number of ether oxygens (including phenoxy) is 2. The predicted molar refractivity (Wildman–Crippen MR) is 125 cm³/mol. The van der Waals surface area contributed by atoms with Crippen LogP contribution in [-0.2, 0) is 20.8 Å². The van der Waals surface area contributed by atoms with Crippen molar-refractivity contribution in [2.75, 3.05) is 45.3 Å². The fourth-order valence-corrected chi connectivity index (χ4v) is 4.38. The molecule has 1 saturated heterocycles. The van der Waals surface area contributed by atoms with Crippen LogP contribution in [0.3, 0.4) is 0 Å². The first-order chi connectivity index (χ1) is 16.4. The lowest BCUT2D eigenvalue weighted by atomic mass is 9.97. The van der Waals surface area contributed by atoms with E-state index in [9.17, 15) is 18.8 Å². The third-order valence-corrected chi connectivity index (χ3v) is 6.30. The average molecular weight is 493 g/mol. The summed E-state index contributed by atoms with van der Waals surface area (Å²) in [7, 11) is 1.53. The van der Waals surface area contributed by atoms with Gasteiger partial charge in [0.05, 0.1) is 31.4 Å². The van der Waals surface area contributed by atoms with Crippen molar-refractivity contribution in [3.05, 3.63) is 46.2 Å². The molecule has 9 nitrogen and oxygen atoms in total. The second-order valence-corrected chi connectivity index (χ2v) is 8.71. The van der Waals surface area contributed by atoms with Gasteiger partial charge in [0.1, 0.15) is 16.5 Å². The number of hydrogen-bond acceptors (Lipinski definition) is 7. The zero-order valence-corrected chi connectivity index (χ0v) is 20.1. The van der Waals surface area contributed by atoms with E-state index < -0.39 is 11.8 Å². The Morgan fingerprint density at radius 2 is 2.00 bits per heavy atom. The van der Waals surface area contributed by atoms with Crippen LogP contribution in [-0.4, -0.2) is 72.6 Å². The Morgan fingerprint density at radius 1 is 1.26 bits per heavy atom. The molecule has 1 aliphatic heterocycles. The number of anilines is 1. The van der Waals surface area contributed by atoms with E-state index in [1.807, 2.05) is 0 Å². The van der Waals surface area contributed by atoms with E-state index in [4.69, 9.17) is 9.47 Å². The lowest BCUT2D eigenvalue weighted by Gasteiger charge is -2.30. The molecule has 1 N–H and O–H groups in total. The highest BCUT2D eigenvalue weighted by atomic mass is 32.1. The summed E-state index contributed by atoms with van der Waals surface area (Å²) in [4.78, 5) is 45.1. The highest BCUT2D eigenvalue weighted by Gasteiger charge is 2.29. The summed E-state index contributed by atoms with van der Waals surface area (Å²) < 4.78 is 24.1. The zero-order chi connectivity index (χ0) is 24.5. The summed E-state index contributed by atoms with van der Waals surface area (Å²) in [6.45, 7) is 3.74. The van der Waals surface area contributed by atoms with Gasteiger partial charge in [0.2, 0.25) is 0 Å². The smallest absolute Gasteiger partial charge is 0.322 e. The number of halogens is 1. The first-order valence-corrected chi connectivity index (χ1v) is 12.0. The van der Waals surface area contributed by atoms with Crippen LogP contribution >= 0.6 is 11.3 Å². The number of hydrogen-bond donors (Lipinski definition) is 1. The third kappa shape index (κ3) is 6.73. The SMILES string of the molecule is CCOC(=O)C1CCN(C(=O)c2csc(CN(CCOC)C(=O)Nc3ccccc3F)n2)CC1. The Hall–Kier alpha value is -3.05. The molecule has 3 rings (SSSR count). The fourth-order valence-electron chi connectivity index (χ4n) is 3.60. The highest BCUT2D eigenvalue weighted by Crippen LogP contribution is 2.22. The molecule has 0 spiro atoms. The van der Waals surface area contributed by atoms with Gasteiger partial charge in [0.25, 0.3) is 5.91 Å². The molecular weight excluding hydrogens is 463 g/mol. The molecule has 1 fully saturated rings. The van der Waals surface area contributed by atoms with Gasteiger partial charge >= 0.3 is 12.0 Å². The number of thiazole rings is 1. The highest BCUT2D eigenvalue weighted by molar-refractivity contribution is 7.09. The number of benzene rings is 1. The first kappa shape index (κ1) is 25.6. The monoisotopic (exact) mass is 492 g/mol. The van der Waals surface area contributed by atoms with Gasteiger partial charge < -0.3 is 24.6 Å². The number of nitrogens with zero attached hydrogens (tertiary/aromatic N) is 3. The number of nitrogens with one attached hydrogen (secondary N) is 1. The molecule has 0 bridgehead atoms. The molecule has 0 radical (unpaired) electrons. The molecule has 2 aromatic rings. The van der Waals surface area contributed by atoms with Crippen molar-refractivity contribution in [2.24, 2.45) is 5.92 Å². The summed E-state index contributed by atoms with van der Waals surface area (Å²) in [6.07, 6.45) is 1.12. The van der Waals surface area contributed by atoms with Crippen LogP contribution in [0.1, 0.15) is 35.3 Å². The number of aromatic nitrogens is 1. The van der Waals surface area contributed by atoms with Crippen molar-refractivity contribution in [1.29, 1.82) is 0 Å². The Kier molecular flexibility index (Phi) is 9.34. The van der Waals surface area contributed by atoms with E-state index in [1.165, 1.54) is 35.5 Å². The molecule has 0 unspecified atom stereocenters. The van der Waals surface area contributed by atoms with E-state index in [1.54, 1.807) is 29.3 Å². The number of methoxy groups -OCH3 is 1. The van der Waals surface area contributed by atoms with E-state index in [2.05, 4.69) is 10.3 Å². The minimum atomic E-state index is -0.531. The normalized spacial score (nSPS) is 14.0. The lowest BCUT2D eigenvalue weighted by Crippen LogP contribution is -2.40. The zero-order valence-electron chi connectivity index (χ0n) is 19.3. The Labute approximate surface area is 201 Å². The molecule has 1 aromatic heterocycles. The van der Waals surface area contributed by atoms with E-state index >= 15 is 0 Å². The number of rotatable bonds is 9. The van der Waals surface area contributed by atoms with E-state index in [-0.39, 0.29) is 43.2 Å². The Bertz CT molecular complexity index is 993. The topological polar surface area (TPSA) is 101 Å². The summed E-state index contributed by atoms with van der Waals surface area (Å²) >= 11 is 1.27. The quantitative estimate of drug-likeness (QED) is 0.539. The molecule has 0 aliphatic carbocycles. The Morgan fingerprint density at radius 3 is 2.68 bits per heavy atom. The molecule has 1 aliphatic rings. The van der Waals surface area contributed by atoms with Crippen molar-refractivity contribution in [2.45, 2.75) is 26.3 Å². The maximum Gasteiger partial charge on any atom is 0.322 e. The molecule has 34 heavy (non-hydrogen) atoms. The van der Waals surface area contributed by atoms with Crippen molar-refractivity contribution in [1.82, 2.24) is 14.8 Å². The van der Waals surface area contributed by atoms with Crippen LogP contribution in [0.2, 0.25) is 0 Å². The molecule has 2 heterocycles. The number of piperidine rings is 1. The number of carbonyl (C=O) groups excluding carboxylic acids is 3. The van der Waals surface area contributed by atoms with Gasteiger partial charge in [-0.2, -0.15) is 0 Å². The van der Waals surface area contributed by atoms with Gasteiger partial charge in [-0.25, -0.2) is 14.2 Å². The van der Waals surface area contributed by atoms with Crippen LogP contribution in [0.4, 0.5) is 14.9 Å². The molecular formula is C23H29FN4O5S. The summed E-state index contributed by atoms with van der Waals surface area (Å²) in [5.41, 5.74) is 0.381. The lowest BCUT2D eigenvalue weighted by molar-refractivity contribution is -0.149. The van der Waals surface area contributed by atoms with Gasteiger partial charge in [-0.1, -0.05) is 12.1 Å². The minimum absolute atomic E-state index is 0.0798. The number of para-hydroxylation sites is 1. The number of urea groups is 1. The molecule has 184 valence electrons. The number of esters is 1. The van der Waals surface area contributed by atoms with Gasteiger partial charge in [-0.15, -0.1) is 11.3 Å². The summed E-state index contributed by atoms with van der Waals surface area (Å²) in [6, 6.07) is 5.43. The molecule has 0 saturated carbocycles. The van der Waals surface area contributed by atoms with Crippen molar-refractivity contribution in [3.8, 4) is 0 Å². The van der Waals surface area contributed by atoms with Gasteiger partial charge in [-0.3, -0.25) is 9.59 Å². The van der Waals surface area contributed by atoms with Gasteiger partial charge in [0, 0.05) is 32.1 Å². The second kappa shape index (κ2) is 12.4. The van der Waals surface area contributed by atoms with Crippen LogP contribution in [0.25, 0.3) is 0 Å². The predicted octanol–water partition coefficient (Wildman–Crippen LogP) is 3.38. The number of amides is 3. The van der Waals surface area contributed by atoms with Crippen LogP contribution in [0, 0.1) is 11.7 Å². The van der Waals surface area contributed by atoms with Crippen LogP contribution in [0.15, 0.2) is 29.6 Å². The maximum atomic E-state index is 13.9. The first-order valence-electron chi connectivity index (χ1n) is 11.1. The van der Waals surface area contributed by atoms with E-state index in [0.29, 0.717) is 43.2 Å². The largest absolute Gasteiger partial charge is 0.466 e.